The minimum absolute atomic E-state index is 0.158. The SMILES string of the molecule is Cc1cc(C)c(C(N)C[N](CC(N)c2c(C)cc(C)cc2C)[Pd]([Cl])[Cl])c(C)c1. The van der Waals surface area contributed by atoms with Gasteiger partial charge in [0.25, 0.3) is 0 Å². The maximum atomic E-state index is 6.60. The van der Waals surface area contributed by atoms with E-state index < -0.39 is 15.0 Å². The van der Waals surface area contributed by atoms with E-state index in [9.17, 15) is 0 Å². The molecule has 6 heteroatoms. The van der Waals surface area contributed by atoms with Crippen LogP contribution in [0.15, 0.2) is 24.3 Å². The average Bonchev–Trinajstić information content (AvgIpc) is 2.51. The Morgan fingerprint density at radius 3 is 1.25 bits per heavy atom. The summed E-state index contributed by atoms with van der Waals surface area (Å²) in [5.41, 5.74) is 22.9. The van der Waals surface area contributed by atoms with Crippen molar-refractivity contribution < 1.29 is 15.0 Å². The maximum absolute atomic E-state index is 6.60. The van der Waals surface area contributed by atoms with E-state index in [0.29, 0.717) is 13.1 Å². The Bertz CT molecular complexity index is 727. The fourth-order valence-electron chi connectivity index (χ4n) is 4.30. The Morgan fingerprint density at radius 2 is 1.00 bits per heavy atom. The summed E-state index contributed by atoms with van der Waals surface area (Å²) in [6.07, 6.45) is 0. The first-order valence-corrected chi connectivity index (χ1v) is 14.1. The summed E-state index contributed by atoms with van der Waals surface area (Å²) in [7, 11) is 12.8. The van der Waals surface area contributed by atoms with Crippen LogP contribution in [0.1, 0.15) is 56.6 Å². The summed E-state index contributed by atoms with van der Waals surface area (Å²) in [5.74, 6) is 0. The van der Waals surface area contributed by atoms with Crippen molar-refractivity contribution in [2.75, 3.05) is 13.1 Å². The van der Waals surface area contributed by atoms with Crippen molar-refractivity contribution in [2.45, 2.75) is 53.6 Å². The molecule has 0 aliphatic heterocycles. The van der Waals surface area contributed by atoms with Crippen molar-refractivity contribution in [3.63, 3.8) is 0 Å². The Hall–Kier alpha value is -0.438. The number of rotatable bonds is 7. The van der Waals surface area contributed by atoms with Gasteiger partial charge >= 0.3 is 185 Å². The van der Waals surface area contributed by atoms with Crippen LogP contribution in [0.4, 0.5) is 0 Å². The monoisotopic (exact) mass is 514 g/mol. The summed E-state index contributed by atoms with van der Waals surface area (Å²) in [4.78, 5) is 0. The fourth-order valence-corrected chi connectivity index (χ4v) is 6.37. The van der Waals surface area contributed by atoms with Crippen LogP contribution in [0.3, 0.4) is 0 Å². The van der Waals surface area contributed by atoms with E-state index in [0.717, 1.165) is 0 Å². The molecule has 0 saturated heterocycles. The molecule has 0 bridgehead atoms. The molecule has 2 rings (SSSR count). The molecule has 0 spiro atoms. The van der Waals surface area contributed by atoms with Gasteiger partial charge in [0.2, 0.25) is 0 Å². The fraction of sp³-hybridized carbons (Fsp3) is 0.455. The van der Waals surface area contributed by atoms with Gasteiger partial charge in [-0.3, -0.25) is 0 Å². The van der Waals surface area contributed by atoms with E-state index in [1.165, 1.54) is 44.5 Å². The standard InChI is InChI=1S/C22H32N3.2ClH.Pd/c1-13-7-15(3)21(16(4)8-13)19(23)11-25-12-20(24)22-17(5)9-14(2)10-18(22)6;;;/h7-10,19-20H,11-12,23-24H2,1-6H3;2*1H;/q-1;;;+3/p-2. The topological polar surface area (TPSA) is 55.3 Å². The van der Waals surface area contributed by atoms with Gasteiger partial charge < -0.3 is 0 Å². The van der Waals surface area contributed by atoms with Crippen LogP contribution in [0.2, 0.25) is 0 Å². The predicted molar refractivity (Wildman–Crippen MR) is 118 cm³/mol. The Labute approximate surface area is 183 Å². The van der Waals surface area contributed by atoms with Crippen LogP contribution in [0.25, 0.3) is 0 Å². The molecule has 0 radical (unpaired) electrons. The second-order valence-corrected chi connectivity index (χ2v) is 12.9. The number of hydrogen-bond donors (Lipinski definition) is 2. The van der Waals surface area contributed by atoms with Crippen molar-refractivity contribution in [1.82, 2.24) is 3.53 Å². The van der Waals surface area contributed by atoms with Crippen molar-refractivity contribution in [1.29, 1.82) is 0 Å². The van der Waals surface area contributed by atoms with Crippen LogP contribution in [-0.4, -0.2) is 16.6 Å². The van der Waals surface area contributed by atoms with Gasteiger partial charge in [-0.1, -0.05) is 0 Å². The molecule has 0 amide bonds. The first-order chi connectivity index (χ1) is 13.0. The molecule has 4 N–H and O–H groups in total. The van der Waals surface area contributed by atoms with Gasteiger partial charge in [-0.25, -0.2) is 0 Å². The third-order valence-electron chi connectivity index (χ3n) is 5.14. The van der Waals surface area contributed by atoms with Crippen molar-refractivity contribution in [3.8, 4) is 0 Å². The van der Waals surface area contributed by atoms with Gasteiger partial charge in [0.1, 0.15) is 0 Å². The van der Waals surface area contributed by atoms with Crippen LogP contribution in [-0.2, 0) is 15.0 Å². The first-order valence-electron chi connectivity index (χ1n) is 9.38. The summed E-state index contributed by atoms with van der Waals surface area (Å²) in [6, 6.07) is 8.37. The van der Waals surface area contributed by atoms with E-state index >= 15 is 0 Å². The Morgan fingerprint density at radius 1 is 0.714 bits per heavy atom. The molecule has 0 saturated carbocycles. The zero-order valence-electron chi connectivity index (χ0n) is 17.6. The third-order valence-corrected chi connectivity index (χ3v) is 8.24. The van der Waals surface area contributed by atoms with Gasteiger partial charge in [0, 0.05) is 0 Å². The van der Waals surface area contributed by atoms with E-state index in [2.05, 4.69) is 69.3 Å². The summed E-state index contributed by atoms with van der Waals surface area (Å²) in [5, 5.41) is 0. The molecular formula is C22H32Cl2N3Pd. The van der Waals surface area contributed by atoms with Gasteiger partial charge in [0.05, 0.1) is 0 Å². The van der Waals surface area contributed by atoms with Gasteiger partial charge in [-0.15, -0.1) is 0 Å². The number of nitrogens with zero attached hydrogens (tertiary/aromatic N) is 1. The van der Waals surface area contributed by atoms with Gasteiger partial charge in [-0.2, -0.15) is 0 Å². The third kappa shape index (κ3) is 5.80. The van der Waals surface area contributed by atoms with Crippen LogP contribution < -0.4 is 11.5 Å². The molecule has 2 aromatic carbocycles. The van der Waals surface area contributed by atoms with Gasteiger partial charge in [0.15, 0.2) is 0 Å². The van der Waals surface area contributed by atoms with Crippen molar-refractivity contribution >= 4 is 19.1 Å². The van der Waals surface area contributed by atoms with Crippen LogP contribution >= 0.6 is 19.1 Å². The Balaban J connectivity index is 2.23. The molecule has 28 heavy (non-hydrogen) atoms. The molecule has 2 aromatic rings. The number of halogens is 2. The molecule has 2 unspecified atom stereocenters. The normalized spacial score (nSPS) is 14.3. The number of benzene rings is 2. The van der Waals surface area contributed by atoms with Crippen molar-refractivity contribution in [2.24, 2.45) is 11.5 Å². The summed E-state index contributed by atoms with van der Waals surface area (Å²) in [6.45, 7) is 13.8. The summed E-state index contributed by atoms with van der Waals surface area (Å²) < 4.78 is 2.07. The number of aryl methyl sites for hydroxylation is 6. The molecule has 0 aliphatic rings. The summed E-state index contributed by atoms with van der Waals surface area (Å²) >= 11 is -1.88. The average molecular weight is 516 g/mol. The van der Waals surface area contributed by atoms with Gasteiger partial charge in [-0.05, 0) is 0 Å². The van der Waals surface area contributed by atoms with E-state index in [-0.39, 0.29) is 12.1 Å². The molecule has 0 fully saturated rings. The second-order valence-electron chi connectivity index (χ2n) is 7.78. The molecule has 2 atom stereocenters. The van der Waals surface area contributed by atoms with E-state index in [1.54, 1.807) is 0 Å². The molecule has 0 aromatic heterocycles. The van der Waals surface area contributed by atoms with Crippen LogP contribution in [0.5, 0.6) is 0 Å². The Kier molecular flexibility index (Phi) is 8.55. The minimum atomic E-state index is -1.88. The molecule has 3 nitrogen and oxygen atoms in total. The van der Waals surface area contributed by atoms with E-state index in [1.807, 2.05) is 0 Å². The van der Waals surface area contributed by atoms with E-state index in [4.69, 9.17) is 30.5 Å². The molecular weight excluding hydrogens is 484 g/mol. The molecule has 0 heterocycles. The molecule has 159 valence electrons. The number of hydrogen-bond acceptors (Lipinski definition) is 3. The first kappa shape index (κ1) is 23.8. The zero-order valence-corrected chi connectivity index (χ0v) is 20.6. The molecule has 0 aliphatic carbocycles. The zero-order chi connectivity index (χ0) is 21.2. The second kappa shape index (κ2) is 10.0. The predicted octanol–water partition coefficient (Wildman–Crippen LogP) is 5.38. The van der Waals surface area contributed by atoms with Crippen LogP contribution in [0, 0.1) is 41.5 Å². The number of nitrogens with two attached hydrogens (primary N) is 2. The quantitative estimate of drug-likeness (QED) is 0.487. The van der Waals surface area contributed by atoms with Crippen molar-refractivity contribution in [3.05, 3.63) is 68.8 Å².